The van der Waals surface area contributed by atoms with Gasteiger partial charge in [0.15, 0.2) is 0 Å². The van der Waals surface area contributed by atoms with Crippen LogP contribution in [0.15, 0.2) is 0 Å². The fraction of sp³-hybridized carbons (Fsp3) is 0. The Bertz CT molecular complexity index is 193. The van der Waals surface area contributed by atoms with Crippen LogP contribution in [0.4, 0.5) is 0 Å². The maximum atomic E-state index is 8.55. The molecule has 0 aliphatic heterocycles. The van der Waals surface area contributed by atoms with E-state index >= 15 is 0 Å². The Hall–Kier alpha value is 0.419. The quantitative estimate of drug-likeness (QED) is 0.178. The summed E-state index contributed by atoms with van der Waals surface area (Å²) < 4.78 is 42.6. The van der Waals surface area contributed by atoms with Crippen LogP contribution in [0.5, 0.6) is 0 Å². The fourth-order valence-corrected chi connectivity index (χ4v) is 0. The van der Waals surface area contributed by atoms with Gasteiger partial charge in [-0.2, -0.15) is 7.82 Å². The van der Waals surface area contributed by atoms with Gasteiger partial charge < -0.3 is 39.3 Å². The average Bonchev–Trinajstić information content (AvgIpc) is 1.12. The predicted octanol–water partition coefficient (Wildman–Crippen LogP) is -5.17. The van der Waals surface area contributed by atoms with Gasteiger partial charge in [0.2, 0.25) is 0 Å². The van der Waals surface area contributed by atoms with Crippen LogP contribution in [0.2, 0.25) is 0 Å². The van der Waals surface area contributed by atoms with E-state index in [1.54, 1.807) is 0 Å². The summed E-state index contributed by atoms with van der Waals surface area (Å²) >= 11 is 0. The van der Waals surface area contributed by atoms with Crippen LogP contribution in [0.1, 0.15) is 0 Å². The summed E-state index contributed by atoms with van der Waals surface area (Å²) in [6, 6.07) is 0. The van der Waals surface area contributed by atoms with Crippen molar-refractivity contribution in [2.75, 3.05) is 0 Å². The minimum atomic E-state index is -5.39. The smallest absolute Gasteiger partial charge is 0.870 e. The van der Waals surface area contributed by atoms with Gasteiger partial charge in [-0.05, 0) is 0 Å². The van der Waals surface area contributed by atoms with Gasteiger partial charge in [-0.15, -0.1) is 0 Å². The van der Waals surface area contributed by atoms with Gasteiger partial charge in [-0.3, -0.25) is 8.42 Å². The van der Waals surface area contributed by atoms with Crippen molar-refractivity contribution < 1.29 is 64.8 Å². The van der Waals surface area contributed by atoms with Crippen LogP contribution in [-0.2, 0) is 32.0 Å². The summed E-state index contributed by atoms with van der Waals surface area (Å²) in [7, 11) is -10.6. The number of hydrogen-bond donors (Lipinski definition) is 0. The van der Waals surface area contributed by atoms with Crippen molar-refractivity contribution in [2.24, 2.45) is 0 Å². The second-order valence-electron chi connectivity index (χ2n) is 0.855. The van der Waals surface area contributed by atoms with E-state index in [0.717, 1.165) is 0 Å². The van der Waals surface area contributed by atoms with E-state index in [1.807, 2.05) is 0 Å². The number of hydrogen-bond acceptors (Lipinski definition) is 9. The van der Waals surface area contributed by atoms with Gasteiger partial charge in [0.25, 0.3) is 0 Å². The zero-order chi connectivity index (χ0) is 9.00. The van der Waals surface area contributed by atoms with E-state index in [0.29, 0.717) is 0 Å². The Morgan fingerprint density at radius 2 is 1.00 bits per heavy atom. The van der Waals surface area contributed by atoms with Crippen LogP contribution in [-0.4, -0.2) is 28.5 Å². The first kappa shape index (κ1) is 29.2. The monoisotopic (exact) mass is 282 g/mol. The Balaban J connectivity index is -0.0000000267. The molecule has 0 rings (SSSR count). The molecule has 0 fully saturated rings. The molecule has 3 N–H and O–H groups in total. The molecule has 0 radical (unpaired) electrons. The van der Waals surface area contributed by atoms with E-state index in [2.05, 4.69) is 0 Å². The third-order valence-corrected chi connectivity index (χ3v) is 0. The molecular formula is H3FeO10PS. The molecule has 13 heteroatoms. The zero-order valence-corrected chi connectivity index (χ0v) is 8.24. The second kappa shape index (κ2) is 10.5. The van der Waals surface area contributed by atoms with Crippen molar-refractivity contribution in [3.63, 3.8) is 0 Å². The van der Waals surface area contributed by atoms with Crippen molar-refractivity contribution >= 4 is 18.2 Å². The standard InChI is InChI=1S/Fe.H3O4P.H2O4S.2H2O/c;2*1-5(2,3)4;;/h;(H3,1,2,3,4);(H2,1,2,3,4);2*1H2/q+6;;;;/p-6. The SMILES string of the molecule is O.O=P([O-])([O-])[O-].O=S(=O)([O-])[O-].[Fe+6].[OH-]. The van der Waals surface area contributed by atoms with Gasteiger partial charge >= 0.3 is 17.1 Å². The van der Waals surface area contributed by atoms with Crippen molar-refractivity contribution in [2.45, 2.75) is 0 Å². The molecule has 0 heterocycles. The van der Waals surface area contributed by atoms with Crippen molar-refractivity contribution in [1.29, 1.82) is 0 Å². The number of phosphoric acid groups is 1. The average molecular weight is 282 g/mol. The van der Waals surface area contributed by atoms with Gasteiger partial charge in [-0.1, -0.05) is 0 Å². The summed E-state index contributed by atoms with van der Waals surface area (Å²) in [5.41, 5.74) is 0. The second-order valence-corrected chi connectivity index (χ2v) is 2.57. The maximum Gasteiger partial charge on any atom is 6.00 e. The van der Waals surface area contributed by atoms with Crippen molar-refractivity contribution in [3.05, 3.63) is 0 Å². The molecule has 0 atom stereocenters. The summed E-state index contributed by atoms with van der Waals surface area (Å²) in [6.07, 6.45) is 0. The van der Waals surface area contributed by atoms with E-state index in [1.165, 1.54) is 0 Å². The van der Waals surface area contributed by atoms with Crippen molar-refractivity contribution in [3.8, 4) is 0 Å². The van der Waals surface area contributed by atoms with E-state index in [9.17, 15) is 0 Å². The molecule has 0 aliphatic carbocycles. The van der Waals surface area contributed by atoms with Crippen LogP contribution < -0.4 is 14.7 Å². The molecule has 0 aromatic heterocycles. The maximum absolute atomic E-state index is 8.55. The Morgan fingerprint density at radius 3 is 1.00 bits per heavy atom. The summed E-state index contributed by atoms with van der Waals surface area (Å²) in [5.74, 6) is 0. The third kappa shape index (κ3) is 7660. The van der Waals surface area contributed by atoms with E-state index in [-0.39, 0.29) is 28.0 Å². The molecule has 0 saturated carbocycles. The minimum Gasteiger partial charge on any atom is -0.870 e. The van der Waals surface area contributed by atoms with Crippen LogP contribution >= 0.6 is 7.82 Å². The van der Waals surface area contributed by atoms with Gasteiger partial charge in [0.05, 0.1) is 0 Å². The molecule has 0 unspecified atom stereocenters. The van der Waals surface area contributed by atoms with Gasteiger partial charge in [-0.25, -0.2) is 0 Å². The molecule has 0 bridgehead atoms. The molecule has 0 amide bonds. The first-order chi connectivity index (χ1) is 4.00. The first-order valence-corrected chi connectivity index (χ1v) is 4.19. The zero-order valence-electron chi connectivity index (χ0n) is 5.42. The molecule has 0 saturated heterocycles. The Morgan fingerprint density at radius 1 is 1.00 bits per heavy atom. The molecule has 0 aliphatic rings. The molecule has 0 aromatic rings. The Labute approximate surface area is 83.5 Å². The summed E-state index contributed by atoms with van der Waals surface area (Å²) in [4.78, 5) is 25.6. The summed E-state index contributed by atoms with van der Waals surface area (Å²) in [6.45, 7) is 0. The number of rotatable bonds is 0. The molecule has 0 spiro atoms. The van der Waals surface area contributed by atoms with Crippen LogP contribution in [0.3, 0.4) is 0 Å². The normalized spacial score (nSPS) is 9.00. The first-order valence-electron chi connectivity index (χ1n) is 1.40. The van der Waals surface area contributed by atoms with Gasteiger partial charge in [0.1, 0.15) is 0 Å². The Kier molecular flexibility index (Phi) is 23.6. The molecule has 10 nitrogen and oxygen atoms in total. The van der Waals surface area contributed by atoms with Crippen molar-refractivity contribution in [1.82, 2.24) is 0 Å². The molecule has 13 heavy (non-hydrogen) atoms. The van der Waals surface area contributed by atoms with E-state index < -0.39 is 18.2 Å². The third-order valence-electron chi connectivity index (χ3n) is 0. The summed E-state index contributed by atoms with van der Waals surface area (Å²) in [5, 5.41) is 0. The predicted molar refractivity (Wildman–Crippen MR) is 23.6 cm³/mol. The van der Waals surface area contributed by atoms with Crippen LogP contribution in [0.25, 0.3) is 0 Å². The molecular weight excluding hydrogens is 279 g/mol. The largest absolute Gasteiger partial charge is 6.00 e. The van der Waals surface area contributed by atoms with Gasteiger partial charge in [0, 0.05) is 10.4 Å². The van der Waals surface area contributed by atoms with Crippen LogP contribution in [0, 0.1) is 0 Å². The molecule has 0 aromatic carbocycles. The topological polar surface area (TPSA) is 228 Å². The minimum absolute atomic E-state index is 0. The fourth-order valence-electron chi connectivity index (χ4n) is 0. The molecule has 82 valence electrons. The van der Waals surface area contributed by atoms with E-state index in [4.69, 9.17) is 36.8 Å².